The molecule has 0 saturated carbocycles. The monoisotopic (exact) mass is 256 g/mol. The molecule has 1 aromatic carbocycles. The second kappa shape index (κ2) is 6.57. The van der Waals surface area contributed by atoms with E-state index >= 15 is 0 Å². The maximum Gasteiger partial charge on any atom is 0.0991 e. The topological polar surface area (TPSA) is 62.9 Å². The summed E-state index contributed by atoms with van der Waals surface area (Å²) in [7, 11) is 1.67. The lowest BCUT2D eigenvalue weighted by atomic mass is 10.1. The van der Waals surface area contributed by atoms with E-state index in [-0.39, 0.29) is 0 Å². The number of benzene rings is 1. The van der Waals surface area contributed by atoms with E-state index < -0.39 is 0 Å². The number of nitrogens with one attached hydrogen (secondary N) is 1. The third kappa shape index (κ3) is 3.83. The summed E-state index contributed by atoms with van der Waals surface area (Å²) < 4.78 is 6.84. The van der Waals surface area contributed by atoms with Crippen LogP contribution in [0.25, 0.3) is 0 Å². The van der Waals surface area contributed by atoms with Gasteiger partial charge in [0.15, 0.2) is 0 Å². The van der Waals surface area contributed by atoms with E-state index in [0.717, 1.165) is 17.8 Å². The molecule has 5 heteroatoms. The molecule has 1 aromatic heterocycles. The Balaban J connectivity index is 1.87. The van der Waals surface area contributed by atoms with Crippen LogP contribution in [-0.4, -0.2) is 23.5 Å². The van der Waals surface area contributed by atoms with Crippen molar-refractivity contribution in [2.24, 2.45) is 0 Å². The minimum Gasteiger partial charge on any atom is -0.383 e. The SMILES string of the molecule is COCCn1cc(NCc2ccc(C#N)cc2)cn1. The van der Waals surface area contributed by atoms with Crippen molar-refractivity contribution < 1.29 is 4.74 Å². The van der Waals surface area contributed by atoms with Gasteiger partial charge in [0, 0.05) is 19.9 Å². The lowest BCUT2D eigenvalue weighted by molar-refractivity contribution is 0.183. The van der Waals surface area contributed by atoms with Gasteiger partial charge in [0.1, 0.15) is 0 Å². The molecule has 0 spiro atoms. The molecule has 2 aromatic rings. The van der Waals surface area contributed by atoms with Crippen molar-refractivity contribution in [2.45, 2.75) is 13.1 Å². The first kappa shape index (κ1) is 13.1. The van der Waals surface area contributed by atoms with E-state index in [1.54, 1.807) is 13.3 Å². The molecule has 19 heavy (non-hydrogen) atoms. The van der Waals surface area contributed by atoms with E-state index in [2.05, 4.69) is 16.5 Å². The molecule has 0 amide bonds. The fourth-order valence-corrected chi connectivity index (χ4v) is 1.66. The Hall–Kier alpha value is -2.32. The summed E-state index contributed by atoms with van der Waals surface area (Å²) in [6, 6.07) is 9.63. The summed E-state index contributed by atoms with van der Waals surface area (Å²) in [5, 5.41) is 16.2. The van der Waals surface area contributed by atoms with Gasteiger partial charge in [-0.25, -0.2) is 0 Å². The van der Waals surface area contributed by atoms with Crippen molar-refractivity contribution in [2.75, 3.05) is 19.0 Å². The second-order valence-electron chi connectivity index (χ2n) is 4.15. The summed E-state index contributed by atoms with van der Waals surface area (Å²) in [5.41, 5.74) is 2.78. The Kier molecular flexibility index (Phi) is 4.54. The van der Waals surface area contributed by atoms with Crippen LogP contribution in [0.15, 0.2) is 36.7 Å². The van der Waals surface area contributed by atoms with Crippen LogP contribution in [0.5, 0.6) is 0 Å². The van der Waals surface area contributed by atoms with Gasteiger partial charge in [0.05, 0.1) is 36.7 Å². The summed E-state index contributed by atoms with van der Waals surface area (Å²) >= 11 is 0. The molecule has 0 saturated heterocycles. The quantitative estimate of drug-likeness (QED) is 0.858. The van der Waals surface area contributed by atoms with E-state index in [1.807, 2.05) is 35.1 Å². The first-order valence-electron chi connectivity index (χ1n) is 6.06. The Morgan fingerprint density at radius 2 is 2.16 bits per heavy atom. The number of aromatic nitrogens is 2. The molecule has 2 rings (SSSR count). The van der Waals surface area contributed by atoms with Crippen molar-refractivity contribution in [1.82, 2.24) is 9.78 Å². The molecule has 98 valence electrons. The van der Waals surface area contributed by atoms with Crippen LogP contribution in [-0.2, 0) is 17.8 Å². The summed E-state index contributed by atoms with van der Waals surface area (Å²) in [6.07, 6.45) is 3.74. The highest BCUT2D eigenvalue weighted by molar-refractivity contribution is 5.40. The maximum absolute atomic E-state index is 8.72. The van der Waals surface area contributed by atoms with Crippen LogP contribution in [0.1, 0.15) is 11.1 Å². The molecular weight excluding hydrogens is 240 g/mol. The predicted octanol–water partition coefficient (Wildman–Crippen LogP) is 2.01. The van der Waals surface area contributed by atoms with Gasteiger partial charge in [0.25, 0.3) is 0 Å². The molecule has 0 fully saturated rings. The van der Waals surface area contributed by atoms with Gasteiger partial charge in [-0.15, -0.1) is 0 Å². The van der Waals surface area contributed by atoms with E-state index in [0.29, 0.717) is 18.7 Å². The molecular formula is C14H16N4O. The third-order valence-electron chi connectivity index (χ3n) is 2.74. The molecule has 0 aliphatic carbocycles. The molecule has 5 nitrogen and oxygen atoms in total. The lowest BCUT2D eigenvalue weighted by Crippen LogP contribution is -2.04. The zero-order valence-electron chi connectivity index (χ0n) is 10.8. The number of rotatable bonds is 6. The van der Waals surface area contributed by atoms with Crippen LogP contribution in [0.4, 0.5) is 5.69 Å². The minimum absolute atomic E-state index is 0.650. The van der Waals surface area contributed by atoms with Gasteiger partial charge in [-0.1, -0.05) is 12.1 Å². The number of hydrogen-bond donors (Lipinski definition) is 1. The number of hydrogen-bond acceptors (Lipinski definition) is 4. The van der Waals surface area contributed by atoms with Crippen LogP contribution in [0.2, 0.25) is 0 Å². The highest BCUT2D eigenvalue weighted by atomic mass is 16.5. The zero-order chi connectivity index (χ0) is 13.5. The number of anilines is 1. The Labute approximate surface area is 112 Å². The maximum atomic E-state index is 8.72. The van der Waals surface area contributed by atoms with Crippen LogP contribution in [0, 0.1) is 11.3 Å². The van der Waals surface area contributed by atoms with Gasteiger partial charge in [-0.05, 0) is 17.7 Å². The average Bonchev–Trinajstić information content (AvgIpc) is 2.91. The van der Waals surface area contributed by atoms with Crippen molar-refractivity contribution in [3.05, 3.63) is 47.8 Å². The summed E-state index contributed by atoms with van der Waals surface area (Å²) in [6.45, 7) is 2.10. The smallest absolute Gasteiger partial charge is 0.0991 e. The Morgan fingerprint density at radius 1 is 1.37 bits per heavy atom. The normalized spacial score (nSPS) is 10.1. The summed E-state index contributed by atoms with van der Waals surface area (Å²) in [5.74, 6) is 0. The molecule has 0 unspecified atom stereocenters. The second-order valence-corrected chi connectivity index (χ2v) is 4.15. The van der Waals surface area contributed by atoms with Crippen molar-refractivity contribution in [1.29, 1.82) is 5.26 Å². The largest absolute Gasteiger partial charge is 0.383 e. The number of methoxy groups -OCH3 is 1. The highest BCUT2D eigenvalue weighted by Gasteiger charge is 1.99. The van der Waals surface area contributed by atoms with Crippen LogP contribution >= 0.6 is 0 Å². The molecule has 0 atom stereocenters. The number of ether oxygens (including phenoxy) is 1. The minimum atomic E-state index is 0.650. The van der Waals surface area contributed by atoms with Crippen molar-refractivity contribution in [3.63, 3.8) is 0 Å². The van der Waals surface area contributed by atoms with Crippen LogP contribution in [0.3, 0.4) is 0 Å². The zero-order valence-corrected chi connectivity index (χ0v) is 10.8. The van der Waals surface area contributed by atoms with E-state index in [1.165, 1.54) is 0 Å². The molecule has 0 bridgehead atoms. The predicted molar refractivity (Wildman–Crippen MR) is 72.6 cm³/mol. The Bertz CT molecular complexity index is 554. The fraction of sp³-hybridized carbons (Fsp3) is 0.286. The highest BCUT2D eigenvalue weighted by Crippen LogP contribution is 2.09. The van der Waals surface area contributed by atoms with Gasteiger partial charge in [-0.2, -0.15) is 10.4 Å². The third-order valence-corrected chi connectivity index (χ3v) is 2.74. The van der Waals surface area contributed by atoms with Gasteiger partial charge < -0.3 is 10.1 Å². The van der Waals surface area contributed by atoms with Gasteiger partial charge in [0.2, 0.25) is 0 Å². The standard InChI is InChI=1S/C14H16N4O/c1-19-7-6-18-11-14(10-17-18)16-9-13-4-2-12(8-15)3-5-13/h2-5,10-11,16H,6-7,9H2,1H3. The average molecular weight is 256 g/mol. The lowest BCUT2D eigenvalue weighted by Gasteiger charge is -2.03. The van der Waals surface area contributed by atoms with E-state index in [9.17, 15) is 0 Å². The molecule has 1 heterocycles. The molecule has 0 aliphatic rings. The van der Waals surface area contributed by atoms with Crippen molar-refractivity contribution in [3.8, 4) is 6.07 Å². The van der Waals surface area contributed by atoms with E-state index in [4.69, 9.17) is 10.00 Å². The number of nitrogens with zero attached hydrogens (tertiary/aromatic N) is 3. The first-order valence-corrected chi connectivity index (χ1v) is 6.06. The molecule has 1 N–H and O–H groups in total. The summed E-state index contributed by atoms with van der Waals surface area (Å²) in [4.78, 5) is 0. The van der Waals surface area contributed by atoms with Crippen molar-refractivity contribution >= 4 is 5.69 Å². The molecule has 0 radical (unpaired) electrons. The Morgan fingerprint density at radius 3 is 2.84 bits per heavy atom. The number of nitriles is 1. The fourth-order valence-electron chi connectivity index (χ4n) is 1.66. The van der Waals surface area contributed by atoms with Crippen LogP contribution < -0.4 is 5.32 Å². The first-order chi connectivity index (χ1) is 9.31. The molecule has 0 aliphatic heterocycles. The van der Waals surface area contributed by atoms with Gasteiger partial charge >= 0.3 is 0 Å². The van der Waals surface area contributed by atoms with Gasteiger partial charge in [-0.3, -0.25) is 4.68 Å².